The van der Waals surface area contributed by atoms with Gasteiger partial charge in [-0.1, -0.05) is 53.6 Å². The molecule has 35 heavy (non-hydrogen) atoms. The first-order valence-electron chi connectivity index (χ1n) is 10.6. The molecule has 3 aromatic rings. The number of rotatable bonds is 9. The molecule has 0 aliphatic rings. The molecule has 3 rings (SSSR count). The van der Waals surface area contributed by atoms with Gasteiger partial charge in [-0.05, 0) is 56.2 Å². The molecule has 0 spiro atoms. The van der Waals surface area contributed by atoms with Gasteiger partial charge in [0.2, 0.25) is 5.95 Å². The van der Waals surface area contributed by atoms with E-state index in [-0.39, 0.29) is 57.6 Å². The maximum atomic E-state index is 12.5. The van der Waals surface area contributed by atoms with Crippen LogP contribution in [0.4, 0.5) is 11.6 Å². The normalized spacial score (nSPS) is 11.7. The van der Waals surface area contributed by atoms with Crippen LogP contribution in [0.1, 0.15) is 36.2 Å². The Kier molecular flexibility index (Phi) is 11.2. The minimum Gasteiger partial charge on any atom is -0.548 e. The zero-order valence-corrected chi connectivity index (χ0v) is 23.1. The zero-order chi connectivity index (χ0) is 24.7. The predicted molar refractivity (Wildman–Crippen MR) is 132 cm³/mol. The Morgan fingerprint density at radius 1 is 1.03 bits per heavy atom. The number of nitrogens with one attached hydrogen (secondary N) is 1. The Hall–Kier alpha value is -2.42. The Balaban J connectivity index is 0.00000432. The summed E-state index contributed by atoms with van der Waals surface area (Å²) in [4.78, 5) is 34.7. The second-order valence-corrected chi connectivity index (χ2v) is 8.50. The summed E-state index contributed by atoms with van der Waals surface area (Å²) >= 11 is 12.1. The van der Waals surface area contributed by atoms with Crippen molar-refractivity contribution in [2.75, 3.05) is 4.90 Å². The molecule has 0 saturated carbocycles. The van der Waals surface area contributed by atoms with Gasteiger partial charge in [-0.25, -0.2) is 9.97 Å². The third-order valence-electron chi connectivity index (χ3n) is 4.92. The van der Waals surface area contributed by atoms with Gasteiger partial charge in [0.15, 0.2) is 0 Å². The maximum Gasteiger partial charge on any atom is 1.00 e. The number of amides is 1. The standard InChI is InChI=1S/C25H24Cl2N4O3.Na/c1-16(2)31(25-28-14-5-15-29-25)18-12-10-17(11-13-18)6-3-9-21(24(33)34)30-23(32)22-19(26)7-4-8-20(22)27;/h3-8,10-16,21H,9H2,1-2H3,(H,30,32)(H,33,34);/q;+1/p-1/b6-3+;. The fraction of sp³-hybridized carbons (Fsp3) is 0.200. The van der Waals surface area contributed by atoms with Gasteiger partial charge in [0, 0.05) is 24.1 Å². The maximum absolute atomic E-state index is 12.5. The van der Waals surface area contributed by atoms with Crippen LogP contribution in [0.3, 0.4) is 0 Å². The summed E-state index contributed by atoms with van der Waals surface area (Å²) in [6, 6.07) is 12.9. The van der Waals surface area contributed by atoms with Crippen molar-refractivity contribution in [3.63, 3.8) is 0 Å². The number of carbonyl (C=O) groups excluding carboxylic acids is 2. The van der Waals surface area contributed by atoms with Crippen LogP contribution in [0.5, 0.6) is 0 Å². The number of aliphatic carboxylic acids is 1. The molecule has 0 aliphatic heterocycles. The first-order chi connectivity index (χ1) is 16.3. The molecule has 0 saturated heterocycles. The van der Waals surface area contributed by atoms with Gasteiger partial charge >= 0.3 is 29.6 Å². The molecular weight excluding hydrogens is 498 g/mol. The Bertz CT molecular complexity index is 1150. The fourth-order valence-electron chi connectivity index (χ4n) is 3.31. The topological polar surface area (TPSA) is 98.2 Å². The largest absolute Gasteiger partial charge is 1.00 e. The van der Waals surface area contributed by atoms with E-state index in [1.165, 1.54) is 12.1 Å². The molecule has 1 amide bonds. The second-order valence-electron chi connectivity index (χ2n) is 7.68. The van der Waals surface area contributed by atoms with Crippen molar-refractivity contribution in [3.8, 4) is 0 Å². The van der Waals surface area contributed by atoms with Crippen molar-refractivity contribution in [1.29, 1.82) is 0 Å². The average molecular weight is 521 g/mol. The van der Waals surface area contributed by atoms with Crippen LogP contribution in [0.15, 0.2) is 67.0 Å². The summed E-state index contributed by atoms with van der Waals surface area (Å²) < 4.78 is 0. The summed E-state index contributed by atoms with van der Waals surface area (Å²) in [6.07, 6.45) is 6.84. The van der Waals surface area contributed by atoms with Crippen molar-refractivity contribution < 1.29 is 44.3 Å². The summed E-state index contributed by atoms with van der Waals surface area (Å²) in [5, 5.41) is 14.2. The van der Waals surface area contributed by atoms with E-state index < -0.39 is 17.9 Å². The van der Waals surface area contributed by atoms with Crippen LogP contribution >= 0.6 is 23.2 Å². The van der Waals surface area contributed by atoms with Gasteiger partial charge in [0.1, 0.15) is 0 Å². The van der Waals surface area contributed by atoms with E-state index >= 15 is 0 Å². The third-order valence-corrected chi connectivity index (χ3v) is 5.55. The number of carboxylic acids is 1. The number of hydrogen-bond donors (Lipinski definition) is 1. The molecule has 0 radical (unpaired) electrons. The van der Waals surface area contributed by atoms with Crippen molar-refractivity contribution in [1.82, 2.24) is 15.3 Å². The van der Waals surface area contributed by atoms with E-state index in [2.05, 4.69) is 15.3 Å². The summed E-state index contributed by atoms with van der Waals surface area (Å²) in [5.41, 5.74) is 1.81. The predicted octanol–water partition coefficient (Wildman–Crippen LogP) is 1.29. The molecule has 1 aromatic heterocycles. The Labute approximate surface area is 236 Å². The quantitative estimate of drug-likeness (QED) is 0.427. The zero-order valence-electron chi connectivity index (χ0n) is 19.6. The van der Waals surface area contributed by atoms with E-state index in [4.69, 9.17) is 23.2 Å². The fourth-order valence-corrected chi connectivity index (χ4v) is 3.87. The second kappa shape index (κ2) is 13.6. The molecule has 0 bridgehead atoms. The van der Waals surface area contributed by atoms with Crippen LogP contribution in [0.25, 0.3) is 6.08 Å². The van der Waals surface area contributed by atoms with Gasteiger partial charge in [-0.2, -0.15) is 0 Å². The van der Waals surface area contributed by atoms with E-state index in [9.17, 15) is 14.7 Å². The van der Waals surface area contributed by atoms with E-state index in [0.29, 0.717) is 5.95 Å². The van der Waals surface area contributed by atoms with Crippen LogP contribution in [0.2, 0.25) is 10.0 Å². The Morgan fingerprint density at radius 2 is 1.63 bits per heavy atom. The Morgan fingerprint density at radius 3 is 2.17 bits per heavy atom. The number of carboxylic acid groups (broad SMARTS) is 1. The van der Waals surface area contributed by atoms with Crippen LogP contribution < -0.4 is 44.9 Å². The molecule has 1 N–H and O–H groups in total. The molecule has 7 nitrogen and oxygen atoms in total. The van der Waals surface area contributed by atoms with Gasteiger partial charge in [0.25, 0.3) is 5.91 Å². The summed E-state index contributed by atoms with van der Waals surface area (Å²) in [7, 11) is 0. The molecule has 1 unspecified atom stereocenters. The smallest absolute Gasteiger partial charge is 0.548 e. The molecule has 0 fully saturated rings. The first kappa shape index (κ1) is 28.8. The number of carbonyl (C=O) groups is 2. The van der Waals surface area contributed by atoms with Gasteiger partial charge in [0.05, 0.1) is 27.6 Å². The summed E-state index contributed by atoms with van der Waals surface area (Å²) in [6.45, 7) is 4.10. The summed E-state index contributed by atoms with van der Waals surface area (Å²) in [5.74, 6) is -1.49. The number of halogens is 2. The van der Waals surface area contributed by atoms with Crippen molar-refractivity contribution in [3.05, 3.63) is 88.2 Å². The number of hydrogen-bond acceptors (Lipinski definition) is 6. The SMILES string of the molecule is CC(C)N(c1ccc(/C=C/CC(NC(=O)c2c(Cl)cccc2Cl)C(=O)[O-])cc1)c1ncccn1.[Na+]. The van der Waals surface area contributed by atoms with Crippen molar-refractivity contribution >= 4 is 52.8 Å². The molecular formula is C25H23Cl2N4NaO3. The molecule has 1 atom stereocenters. The molecule has 0 aliphatic carbocycles. The average Bonchev–Trinajstić information content (AvgIpc) is 2.80. The van der Waals surface area contributed by atoms with Gasteiger partial charge < -0.3 is 20.1 Å². The van der Waals surface area contributed by atoms with Crippen LogP contribution in [-0.4, -0.2) is 33.9 Å². The molecule has 176 valence electrons. The van der Waals surface area contributed by atoms with Gasteiger partial charge in [-0.3, -0.25) is 4.79 Å². The van der Waals surface area contributed by atoms with Crippen LogP contribution in [-0.2, 0) is 4.79 Å². The number of nitrogens with zero attached hydrogens (tertiary/aromatic N) is 3. The first-order valence-corrected chi connectivity index (χ1v) is 11.3. The van der Waals surface area contributed by atoms with E-state index in [0.717, 1.165) is 11.3 Å². The van der Waals surface area contributed by atoms with E-state index in [1.54, 1.807) is 36.7 Å². The molecule has 1 heterocycles. The van der Waals surface area contributed by atoms with E-state index in [1.807, 2.05) is 43.0 Å². The third kappa shape index (κ3) is 7.78. The number of anilines is 2. The number of aromatic nitrogens is 2. The molecule has 2 aromatic carbocycles. The van der Waals surface area contributed by atoms with Crippen molar-refractivity contribution in [2.24, 2.45) is 0 Å². The minimum atomic E-state index is -1.41. The number of benzene rings is 2. The minimum absolute atomic E-state index is 0. The molecule has 10 heteroatoms. The van der Waals surface area contributed by atoms with Crippen molar-refractivity contribution in [2.45, 2.75) is 32.4 Å². The monoisotopic (exact) mass is 520 g/mol. The van der Waals surface area contributed by atoms with Gasteiger partial charge in [-0.15, -0.1) is 0 Å². The van der Waals surface area contributed by atoms with Crippen LogP contribution in [0, 0.1) is 0 Å².